The number of nitrogens with two attached hydrogens (primary N) is 1. The Morgan fingerprint density at radius 3 is 3.20 bits per heavy atom. The minimum absolute atomic E-state index is 0.513. The van der Waals surface area contributed by atoms with E-state index in [0.717, 1.165) is 24.3 Å². The second-order valence-electron chi connectivity index (χ2n) is 2.59. The maximum Gasteiger partial charge on any atom is 0.140 e. The Morgan fingerprint density at radius 1 is 1.50 bits per heavy atom. The lowest BCUT2D eigenvalue weighted by molar-refractivity contribution is 0.379. The van der Waals surface area contributed by atoms with Crippen molar-refractivity contribution in [2.24, 2.45) is 5.73 Å². The van der Waals surface area contributed by atoms with Crippen LogP contribution in [0.15, 0.2) is 4.52 Å². The van der Waals surface area contributed by atoms with Gasteiger partial charge in [-0.25, -0.2) is 0 Å². The van der Waals surface area contributed by atoms with E-state index in [1.165, 1.54) is 12.0 Å². The number of hydrogen-bond acceptors (Lipinski definition) is 3. The summed E-state index contributed by atoms with van der Waals surface area (Å²) in [6.45, 7) is 0.513. The molecule has 1 aromatic heterocycles. The third-order valence-electron chi connectivity index (χ3n) is 1.97. The Balaban J connectivity index is 2.44. The molecule has 0 unspecified atom stereocenters. The number of aryl methyl sites for hydroxylation is 1. The van der Waals surface area contributed by atoms with Crippen LogP contribution in [0.5, 0.6) is 0 Å². The molecular formula is C7H10N2O. The fourth-order valence-corrected chi connectivity index (χ4v) is 1.45. The number of fused-ring (bicyclic) bond motifs is 1. The van der Waals surface area contributed by atoms with Gasteiger partial charge < -0.3 is 10.3 Å². The normalized spacial score (nSPS) is 15.7. The highest BCUT2D eigenvalue weighted by Gasteiger charge is 2.19. The minimum Gasteiger partial charge on any atom is -0.361 e. The van der Waals surface area contributed by atoms with Gasteiger partial charge in [0.05, 0.1) is 0 Å². The Labute approximate surface area is 59.2 Å². The van der Waals surface area contributed by atoms with E-state index in [2.05, 4.69) is 5.16 Å². The third-order valence-corrected chi connectivity index (χ3v) is 1.97. The maximum atomic E-state index is 5.44. The highest BCUT2D eigenvalue weighted by Crippen LogP contribution is 2.24. The molecule has 0 saturated heterocycles. The highest BCUT2D eigenvalue weighted by molar-refractivity contribution is 5.26. The molecule has 3 heteroatoms. The van der Waals surface area contributed by atoms with Gasteiger partial charge in [0, 0.05) is 18.5 Å². The Hall–Kier alpha value is -0.830. The highest BCUT2D eigenvalue weighted by atomic mass is 16.5. The molecule has 1 aliphatic rings. The van der Waals surface area contributed by atoms with Crippen molar-refractivity contribution in [2.45, 2.75) is 25.8 Å². The molecule has 0 atom stereocenters. The van der Waals surface area contributed by atoms with Gasteiger partial charge in [-0.1, -0.05) is 5.16 Å². The lowest BCUT2D eigenvalue weighted by atomic mass is 10.2. The lowest BCUT2D eigenvalue weighted by Crippen LogP contribution is -1.99. The van der Waals surface area contributed by atoms with Crippen molar-refractivity contribution in [3.8, 4) is 0 Å². The van der Waals surface area contributed by atoms with Gasteiger partial charge in [-0.05, 0) is 12.8 Å². The van der Waals surface area contributed by atoms with Crippen molar-refractivity contribution in [1.82, 2.24) is 5.16 Å². The van der Waals surface area contributed by atoms with Crippen molar-refractivity contribution in [1.29, 1.82) is 0 Å². The van der Waals surface area contributed by atoms with Crippen molar-refractivity contribution < 1.29 is 4.52 Å². The maximum absolute atomic E-state index is 5.44. The predicted octanol–water partition coefficient (Wildman–Crippen LogP) is 0.622. The molecule has 2 rings (SSSR count). The first-order valence-electron chi connectivity index (χ1n) is 3.58. The molecule has 1 aromatic rings. The summed E-state index contributed by atoms with van der Waals surface area (Å²) >= 11 is 0. The predicted molar refractivity (Wildman–Crippen MR) is 36.4 cm³/mol. The summed E-state index contributed by atoms with van der Waals surface area (Å²) in [4.78, 5) is 0. The molecule has 0 aliphatic heterocycles. The second-order valence-corrected chi connectivity index (χ2v) is 2.59. The van der Waals surface area contributed by atoms with Crippen LogP contribution in [0.2, 0.25) is 0 Å². The summed E-state index contributed by atoms with van der Waals surface area (Å²) in [5, 5.41) is 3.86. The van der Waals surface area contributed by atoms with Gasteiger partial charge in [0.25, 0.3) is 0 Å². The standard InChI is InChI=1S/C7H10N2O/c8-4-6-5-2-1-3-7(5)10-9-6/h1-4,8H2. The first-order chi connectivity index (χ1) is 4.92. The van der Waals surface area contributed by atoms with Crippen molar-refractivity contribution in [2.75, 3.05) is 0 Å². The Kier molecular flexibility index (Phi) is 1.24. The topological polar surface area (TPSA) is 52.0 Å². The van der Waals surface area contributed by atoms with E-state index >= 15 is 0 Å². The first-order valence-corrected chi connectivity index (χ1v) is 3.58. The van der Waals surface area contributed by atoms with Crippen molar-refractivity contribution in [3.63, 3.8) is 0 Å². The van der Waals surface area contributed by atoms with Crippen LogP contribution in [0.1, 0.15) is 23.4 Å². The van der Waals surface area contributed by atoms with E-state index in [1.54, 1.807) is 0 Å². The molecule has 54 valence electrons. The Bertz CT molecular complexity index is 242. The van der Waals surface area contributed by atoms with Crippen LogP contribution >= 0.6 is 0 Å². The number of nitrogens with zero attached hydrogens (tertiary/aromatic N) is 1. The zero-order valence-corrected chi connectivity index (χ0v) is 5.76. The fraction of sp³-hybridized carbons (Fsp3) is 0.571. The molecule has 0 saturated carbocycles. The van der Waals surface area contributed by atoms with Crippen molar-refractivity contribution in [3.05, 3.63) is 17.0 Å². The monoisotopic (exact) mass is 138 g/mol. The van der Waals surface area contributed by atoms with Gasteiger partial charge in [-0.2, -0.15) is 0 Å². The molecule has 1 heterocycles. The molecule has 10 heavy (non-hydrogen) atoms. The SMILES string of the molecule is NCc1noc2c1CCC2. The minimum atomic E-state index is 0.513. The molecular weight excluding hydrogens is 128 g/mol. The summed E-state index contributed by atoms with van der Waals surface area (Å²) in [7, 11) is 0. The average molecular weight is 138 g/mol. The van der Waals surface area contributed by atoms with Crippen LogP contribution in [0, 0.1) is 0 Å². The van der Waals surface area contributed by atoms with Crippen LogP contribution < -0.4 is 5.73 Å². The molecule has 0 fully saturated rings. The van der Waals surface area contributed by atoms with Crippen LogP contribution in [0.4, 0.5) is 0 Å². The van der Waals surface area contributed by atoms with E-state index in [4.69, 9.17) is 10.3 Å². The van der Waals surface area contributed by atoms with Gasteiger partial charge in [0.2, 0.25) is 0 Å². The molecule has 3 nitrogen and oxygen atoms in total. The van der Waals surface area contributed by atoms with E-state index < -0.39 is 0 Å². The molecule has 0 aromatic carbocycles. The summed E-state index contributed by atoms with van der Waals surface area (Å²) in [6.07, 6.45) is 3.34. The van der Waals surface area contributed by atoms with E-state index in [-0.39, 0.29) is 0 Å². The molecule has 0 bridgehead atoms. The first kappa shape index (κ1) is 5.92. The average Bonchev–Trinajstić information content (AvgIpc) is 2.44. The molecule has 0 radical (unpaired) electrons. The second kappa shape index (κ2) is 2.09. The van der Waals surface area contributed by atoms with Crippen LogP contribution in [-0.4, -0.2) is 5.16 Å². The third kappa shape index (κ3) is 0.671. The lowest BCUT2D eigenvalue weighted by Gasteiger charge is -1.88. The van der Waals surface area contributed by atoms with E-state index in [1.807, 2.05) is 0 Å². The van der Waals surface area contributed by atoms with Gasteiger partial charge in [-0.3, -0.25) is 0 Å². The summed E-state index contributed by atoms with van der Waals surface area (Å²) in [5.41, 5.74) is 7.66. The molecule has 1 aliphatic carbocycles. The van der Waals surface area contributed by atoms with E-state index in [0.29, 0.717) is 6.54 Å². The molecule has 2 N–H and O–H groups in total. The Morgan fingerprint density at radius 2 is 2.40 bits per heavy atom. The van der Waals surface area contributed by atoms with Gasteiger partial charge in [-0.15, -0.1) is 0 Å². The summed E-state index contributed by atoms with van der Waals surface area (Å²) < 4.78 is 5.07. The molecule has 0 amide bonds. The quantitative estimate of drug-likeness (QED) is 0.619. The smallest absolute Gasteiger partial charge is 0.140 e. The number of aromatic nitrogens is 1. The van der Waals surface area contributed by atoms with Gasteiger partial charge in [0.1, 0.15) is 11.5 Å². The zero-order chi connectivity index (χ0) is 6.97. The van der Waals surface area contributed by atoms with Crippen LogP contribution in [0.3, 0.4) is 0 Å². The van der Waals surface area contributed by atoms with Gasteiger partial charge in [0.15, 0.2) is 0 Å². The van der Waals surface area contributed by atoms with Gasteiger partial charge >= 0.3 is 0 Å². The summed E-state index contributed by atoms with van der Waals surface area (Å²) in [5.74, 6) is 1.06. The fourth-order valence-electron chi connectivity index (χ4n) is 1.45. The molecule has 0 spiro atoms. The number of hydrogen-bond donors (Lipinski definition) is 1. The largest absolute Gasteiger partial charge is 0.361 e. The zero-order valence-electron chi connectivity index (χ0n) is 5.76. The number of rotatable bonds is 1. The summed E-state index contributed by atoms with van der Waals surface area (Å²) in [6, 6.07) is 0. The van der Waals surface area contributed by atoms with E-state index in [9.17, 15) is 0 Å². The van der Waals surface area contributed by atoms with Crippen molar-refractivity contribution >= 4 is 0 Å². The van der Waals surface area contributed by atoms with Crippen LogP contribution in [-0.2, 0) is 19.4 Å². The van der Waals surface area contributed by atoms with Crippen LogP contribution in [0.25, 0.3) is 0 Å².